The number of sulfonamides is 2. The van der Waals surface area contributed by atoms with E-state index < -0.39 is 20.0 Å². The number of rotatable bonds is 9. The minimum absolute atomic E-state index is 0.0583. The van der Waals surface area contributed by atoms with Crippen molar-refractivity contribution in [2.24, 2.45) is 0 Å². The van der Waals surface area contributed by atoms with Crippen LogP contribution in [0, 0.1) is 0 Å². The van der Waals surface area contributed by atoms with Crippen molar-refractivity contribution in [3.05, 3.63) is 84.4 Å². The molecule has 0 heterocycles. The van der Waals surface area contributed by atoms with E-state index >= 15 is 0 Å². The summed E-state index contributed by atoms with van der Waals surface area (Å²) < 4.78 is 59.8. The molecule has 30 heavy (non-hydrogen) atoms. The molecule has 0 aliphatic rings. The highest BCUT2D eigenvalue weighted by Gasteiger charge is 2.16. The van der Waals surface area contributed by atoms with Gasteiger partial charge in [-0.15, -0.1) is 0 Å². The Labute approximate surface area is 176 Å². The molecule has 2 N–H and O–H groups in total. The average Bonchev–Trinajstić information content (AvgIpc) is 2.74. The monoisotopic (exact) mass is 446 g/mol. The maximum absolute atomic E-state index is 12.5. The van der Waals surface area contributed by atoms with Crippen LogP contribution in [0.2, 0.25) is 0 Å². The van der Waals surface area contributed by atoms with E-state index in [1.54, 1.807) is 12.1 Å². The molecular formula is C21H22N2O5S2. The molecule has 9 heteroatoms. The molecule has 0 aliphatic heterocycles. The minimum Gasteiger partial charge on any atom is -0.497 e. The van der Waals surface area contributed by atoms with Crippen LogP contribution in [0.3, 0.4) is 0 Å². The van der Waals surface area contributed by atoms with Crippen molar-refractivity contribution < 1.29 is 21.6 Å². The molecule has 0 unspecified atom stereocenters. The first kappa shape index (κ1) is 21.8. The van der Waals surface area contributed by atoms with Crippen molar-refractivity contribution in [3.8, 4) is 5.75 Å². The van der Waals surface area contributed by atoms with Gasteiger partial charge in [0.1, 0.15) is 5.75 Å². The molecule has 0 atom stereocenters. The first-order chi connectivity index (χ1) is 14.3. The van der Waals surface area contributed by atoms with Gasteiger partial charge in [-0.1, -0.05) is 30.3 Å². The Morgan fingerprint density at radius 3 is 1.90 bits per heavy atom. The van der Waals surface area contributed by atoms with Gasteiger partial charge < -0.3 is 4.74 Å². The van der Waals surface area contributed by atoms with Gasteiger partial charge in [0.25, 0.3) is 10.0 Å². The quantitative estimate of drug-likeness (QED) is 0.526. The summed E-state index contributed by atoms with van der Waals surface area (Å²) in [6, 6.07) is 21.0. The SMILES string of the molecule is COc1ccc(S(=O)(=O)Nc2ccc(S(=O)(=O)NCCc3ccccc3)cc2)cc1. The number of nitrogens with one attached hydrogen (secondary N) is 2. The van der Waals surface area contributed by atoms with E-state index in [0.29, 0.717) is 12.2 Å². The van der Waals surface area contributed by atoms with Crippen LogP contribution < -0.4 is 14.2 Å². The molecule has 0 saturated heterocycles. The summed E-state index contributed by atoms with van der Waals surface area (Å²) in [5, 5.41) is 0. The fourth-order valence-corrected chi connectivity index (χ4v) is 4.82. The zero-order valence-corrected chi connectivity index (χ0v) is 17.9. The molecule has 0 bridgehead atoms. The van der Waals surface area contributed by atoms with Gasteiger partial charge in [-0.25, -0.2) is 21.6 Å². The molecule has 0 aliphatic carbocycles. The van der Waals surface area contributed by atoms with Gasteiger partial charge in [0.15, 0.2) is 0 Å². The first-order valence-electron chi connectivity index (χ1n) is 9.11. The van der Waals surface area contributed by atoms with Crippen LogP contribution >= 0.6 is 0 Å². The number of benzene rings is 3. The number of ether oxygens (including phenoxy) is 1. The minimum atomic E-state index is -3.80. The summed E-state index contributed by atoms with van der Waals surface area (Å²) in [7, 11) is -6.00. The first-order valence-corrected chi connectivity index (χ1v) is 12.1. The van der Waals surface area contributed by atoms with E-state index in [2.05, 4.69) is 9.44 Å². The van der Waals surface area contributed by atoms with Gasteiger partial charge >= 0.3 is 0 Å². The Bertz CT molecular complexity index is 1180. The zero-order chi connectivity index (χ0) is 21.6. The van der Waals surface area contributed by atoms with Crippen LogP contribution in [0.25, 0.3) is 0 Å². The molecule has 0 radical (unpaired) electrons. The Balaban J connectivity index is 1.64. The van der Waals surface area contributed by atoms with Gasteiger partial charge in [0.2, 0.25) is 10.0 Å². The largest absolute Gasteiger partial charge is 0.497 e. The Kier molecular flexibility index (Phi) is 6.76. The van der Waals surface area contributed by atoms with E-state index in [1.165, 1.54) is 43.5 Å². The highest BCUT2D eigenvalue weighted by Crippen LogP contribution is 2.20. The topological polar surface area (TPSA) is 102 Å². The highest BCUT2D eigenvalue weighted by atomic mass is 32.2. The molecule has 3 aromatic carbocycles. The van der Waals surface area contributed by atoms with E-state index in [-0.39, 0.29) is 22.0 Å². The fourth-order valence-electron chi connectivity index (χ4n) is 2.73. The third kappa shape index (κ3) is 5.59. The second kappa shape index (κ2) is 9.29. The van der Waals surface area contributed by atoms with Crippen LogP contribution in [0.5, 0.6) is 5.75 Å². The standard InChI is InChI=1S/C21H22N2O5S2/c1-28-19-9-13-21(14-10-19)30(26,27)23-18-7-11-20(12-8-18)29(24,25)22-16-15-17-5-3-2-4-6-17/h2-14,22-23H,15-16H2,1H3. The molecule has 3 aromatic rings. The summed E-state index contributed by atoms with van der Waals surface area (Å²) in [5.74, 6) is 0.545. The maximum atomic E-state index is 12.5. The van der Waals surface area contributed by atoms with Gasteiger partial charge in [-0.3, -0.25) is 4.72 Å². The van der Waals surface area contributed by atoms with Crippen LogP contribution in [0.15, 0.2) is 88.7 Å². The van der Waals surface area contributed by atoms with Crippen molar-refractivity contribution in [1.29, 1.82) is 0 Å². The molecule has 0 spiro atoms. The zero-order valence-electron chi connectivity index (χ0n) is 16.3. The highest BCUT2D eigenvalue weighted by molar-refractivity contribution is 7.92. The van der Waals surface area contributed by atoms with Crippen molar-refractivity contribution in [3.63, 3.8) is 0 Å². The summed E-state index contributed by atoms with van der Waals surface area (Å²) >= 11 is 0. The van der Waals surface area contributed by atoms with Crippen molar-refractivity contribution >= 4 is 25.7 Å². The lowest BCUT2D eigenvalue weighted by atomic mass is 10.2. The molecule has 0 amide bonds. The smallest absolute Gasteiger partial charge is 0.261 e. The Morgan fingerprint density at radius 2 is 1.30 bits per heavy atom. The second-order valence-corrected chi connectivity index (χ2v) is 9.89. The predicted octanol–water partition coefficient (Wildman–Crippen LogP) is 3.02. The predicted molar refractivity (Wildman–Crippen MR) is 116 cm³/mol. The lowest BCUT2D eigenvalue weighted by molar-refractivity contribution is 0.414. The molecule has 0 aromatic heterocycles. The lowest BCUT2D eigenvalue weighted by Gasteiger charge is -2.10. The summed E-state index contributed by atoms with van der Waals surface area (Å²) in [6.07, 6.45) is 0.569. The maximum Gasteiger partial charge on any atom is 0.261 e. The van der Waals surface area contributed by atoms with E-state index in [0.717, 1.165) is 5.56 Å². The molecular weight excluding hydrogens is 424 g/mol. The third-order valence-electron chi connectivity index (χ3n) is 4.34. The number of methoxy groups -OCH3 is 1. The summed E-state index contributed by atoms with van der Waals surface area (Å²) in [5.41, 5.74) is 1.29. The molecule has 0 saturated carbocycles. The normalized spacial score (nSPS) is 11.8. The van der Waals surface area contributed by atoms with Crippen LogP contribution in [-0.4, -0.2) is 30.5 Å². The van der Waals surface area contributed by atoms with Crippen LogP contribution in [0.4, 0.5) is 5.69 Å². The molecule has 3 rings (SSSR count). The van der Waals surface area contributed by atoms with Gasteiger partial charge in [0.05, 0.1) is 16.9 Å². The summed E-state index contributed by atoms with van der Waals surface area (Å²) in [4.78, 5) is 0.130. The second-order valence-electron chi connectivity index (χ2n) is 6.44. The van der Waals surface area contributed by atoms with E-state index in [4.69, 9.17) is 4.74 Å². The molecule has 158 valence electrons. The van der Waals surface area contributed by atoms with Crippen LogP contribution in [-0.2, 0) is 26.5 Å². The Hall–Kier alpha value is -2.88. The fraction of sp³-hybridized carbons (Fsp3) is 0.143. The number of hydrogen-bond donors (Lipinski definition) is 2. The number of hydrogen-bond acceptors (Lipinski definition) is 5. The van der Waals surface area contributed by atoms with E-state index in [9.17, 15) is 16.8 Å². The van der Waals surface area contributed by atoms with Crippen molar-refractivity contribution in [2.45, 2.75) is 16.2 Å². The summed E-state index contributed by atoms with van der Waals surface area (Å²) in [6.45, 7) is 0.262. The van der Waals surface area contributed by atoms with Crippen molar-refractivity contribution in [1.82, 2.24) is 4.72 Å². The van der Waals surface area contributed by atoms with Gasteiger partial charge in [0, 0.05) is 12.2 Å². The molecule has 7 nitrogen and oxygen atoms in total. The van der Waals surface area contributed by atoms with Crippen LogP contribution in [0.1, 0.15) is 5.56 Å². The number of anilines is 1. The third-order valence-corrected chi connectivity index (χ3v) is 7.21. The lowest BCUT2D eigenvalue weighted by Crippen LogP contribution is -2.26. The van der Waals surface area contributed by atoms with Gasteiger partial charge in [-0.2, -0.15) is 0 Å². The van der Waals surface area contributed by atoms with Gasteiger partial charge in [-0.05, 0) is 60.5 Å². The van der Waals surface area contributed by atoms with E-state index in [1.807, 2.05) is 30.3 Å². The van der Waals surface area contributed by atoms with Crippen molar-refractivity contribution in [2.75, 3.05) is 18.4 Å². The Morgan fingerprint density at radius 1 is 0.733 bits per heavy atom. The molecule has 0 fully saturated rings. The average molecular weight is 447 g/mol.